The molecule has 2 aromatic rings. The average molecular weight is 329 g/mol. The number of nitrogens with zero attached hydrogens (tertiary/aromatic N) is 1. The van der Waals surface area contributed by atoms with E-state index in [-0.39, 0.29) is 18.0 Å². The molecule has 6 heteroatoms. The number of esters is 1. The maximum Gasteiger partial charge on any atom is 0.344 e. The Bertz CT molecular complexity index is 735. The van der Waals surface area contributed by atoms with Crippen molar-refractivity contribution in [2.75, 3.05) is 6.61 Å². The van der Waals surface area contributed by atoms with Crippen molar-refractivity contribution in [3.63, 3.8) is 0 Å². The van der Waals surface area contributed by atoms with Crippen molar-refractivity contribution in [1.29, 1.82) is 0 Å². The first-order valence-electron chi connectivity index (χ1n) is 7.45. The van der Waals surface area contributed by atoms with E-state index in [0.29, 0.717) is 5.56 Å². The number of rotatable bonds is 5. The minimum absolute atomic E-state index is 0.0807. The van der Waals surface area contributed by atoms with Crippen LogP contribution >= 0.6 is 0 Å². The minimum Gasteiger partial charge on any atom is -0.482 e. The van der Waals surface area contributed by atoms with Gasteiger partial charge >= 0.3 is 5.97 Å². The van der Waals surface area contributed by atoms with Gasteiger partial charge in [0.1, 0.15) is 11.4 Å². The summed E-state index contributed by atoms with van der Waals surface area (Å²) in [6, 6.07) is 13.6. The minimum atomic E-state index is -0.608. The Hall–Kier alpha value is -2.89. The van der Waals surface area contributed by atoms with Gasteiger partial charge in [-0.3, -0.25) is 10.1 Å². The van der Waals surface area contributed by atoms with Crippen LogP contribution in [-0.2, 0) is 9.53 Å². The van der Waals surface area contributed by atoms with Crippen molar-refractivity contribution in [2.45, 2.75) is 26.4 Å². The lowest BCUT2D eigenvalue weighted by Crippen LogP contribution is -2.27. The van der Waals surface area contributed by atoms with Gasteiger partial charge in [0.05, 0.1) is 16.6 Å². The van der Waals surface area contributed by atoms with E-state index < -0.39 is 16.5 Å². The molecule has 0 unspecified atom stereocenters. The highest BCUT2D eigenvalue weighted by molar-refractivity contribution is 5.75. The Morgan fingerprint density at radius 2 is 1.79 bits per heavy atom. The zero-order valence-electron chi connectivity index (χ0n) is 13.8. The van der Waals surface area contributed by atoms with Crippen molar-refractivity contribution < 1.29 is 19.2 Å². The zero-order valence-corrected chi connectivity index (χ0v) is 13.8. The van der Waals surface area contributed by atoms with Crippen molar-refractivity contribution in [3.8, 4) is 16.9 Å². The molecule has 0 aliphatic heterocycles. The Kier molecular flexibility index (Phi) is 5.18. The molecule has 0 heterocycles. The second-order valence-corrected chi connectivity index (χ2v) is 6.18. The molecule has 0 amide bonds. The monoisotopic (exact) mass is 329 g/mol. The number of ether oxygens (including phenoxy) is 2. The Morgan fingerprint density at radius 1 is 1.12 bits per heavy atom. The van der Waals surface area contributed by atoms with Crippen molar-refractivity contribution in [3.05, 3.63) is 58.6 Å². The van der Waals surface area contributed by atoms with Crippen LogP contribution in [0.2, 0.25) is 0 Å². The number of benzene rings is 2. The third-order valence-corrected chi connectivity index (χ3v) is 3.03. The van der Waals surface area contributed by atoms with Crippen LogP contribution in [0.5, 0.6) is 5.75 Å². The van der Waals surface area contributed by atoms with Gasteiger partial charge in [-0.05, 0) is 38.5 Å². The Balaban J connectivity index is 2.18. The summed E-state index contributed by atoms with van der Waals surface area (Å²) in [4.78, 5) is 22.5. The first kappa shape index (κ1) is 17.5. The van der Waals surface area contributed by atoms with Crippen LogP contribution in [0.4, 0.5) is 5.69 Å². The number of carbonyl (C=O) groups is 1. The van der Waals surface area contributed by atoms with E-state index >= 15 is 0 Å². The van der Waals surface area contributed by atoms with Gasteiger partial charge in [0.25, 0.3) is 5.69 Å². The summed E-state index contributed by atoms with van der Waals surface area (Å²) in [5, 5.41) is 11.3. The average Bonchev–Trinajstić information content (AvgIpc) is 2.52. The highest BCUT2D eigenvalue weighted by Crippen LogP contribution is 2.33. The second kappa shape index (κ2) is 7.12. The molecule has 2 aromatic carbocycles. The molecule has 0 fully saturated rings. The van der Waals surface area contributed by atoms with Crippen LogP contribution in [0, 0.1) is 10.1 Å². The fraction of sp³-hybridized carbons (Fsp3) is 0.278. The van der Waals surface area contributed by atoms with Crippen LogP contribution in [-0.4, -0.2) is 23.1 Å². The quantitative estimate of drug-likeness (QED) is 0.471. The third kappa shape index (κ3) is 4.81. The maximum atomic E-state index is 11.7. The SMILES string of the molecule is CC(C)(C)OC(=O)COc1ccc(-c2ccccc2)c([N+](=O)[O-])c1. The van der Waals surface area contributed by atoms with E-state index in [9.17, 15) is 14.9 Å². The first-order valence-corrected chi connectivity index (χ1v) is 7.45. The summed E-state index contributed by atoms with van der Waals surface area (Å²) in [5.74, 6) is -0.287. The molecule has 0 saturated carbocycles. The highest BCUT2D eigenvalue weighted by Gasteiger charge is 2.19. The fourth-order valence-corrected chi connectivity index (χ4v) is 2.13. The summed E-state index contributed by atoms with van der Waals surface area (Å²) in [5.41, 5.74) is 0.542. The molecular formula is C18H19NO5. The summed E-state index contributed by atoms with van der Waals surface area (Å²) in [6.07, 6.45) is 0. The van der Waals surface area contributed by atoms with E-state index in [1.165, 1.54) is 6.07 Å². The normalized spacial score (nSPS) is 11.0. The molecule has 24 heavy (non-hydrogen) atoms. The largest absolute Gasteiger partial charge is 0.482 e. The van der Waals surface area contributed by atoms with E-state index in [4.69, 9.17) is 9.47 Å². The molecule has 0 spiro atoms. The van der Waals surface area contributed by atoms with E-state index in [1.54, 1.807) is 45.0 Å². The second-order valence-electron chi connectivity index (χ2n) is 6.18. The van der Waals surface area contributed by atoms with Crippen molar-refractivity contribution in [1.82, 2.24) is 0 Å². The lowest BCUT2D eigenvalue weighted by molar-refractivity contribution is -0.384. The molecule has 6 nitrogen and oxygen atoms in total. The lowest BCUT2D eigenvalue weighted by Gasteiger charge is -2.19. The van der Waals surface area contributed by atoms with Crippen LogP contribution in [0.3, 0.4) is 0 Å². The molecule has 0 aromatic heterocycles. The van der Waals surface area contributed by atoms with Gasteiger partial charge in [-0.25, -0.2) is 4.79 Å². The summed E-state index contributed by atoms with van der Waals surface area (Å²) in [6.45, 7) is 4.96. The molecule has 0 saturated heterocycles. The van der Waals surface area contributed by atoms with Gasteiger partial charge in [-0.2, -0.15) is 0 Å². The molecule has 0 aliphatic carbocycles. The Morgan fingerprint density at radius 3 is 2.38 bits per heavy atom. The van der Waals surface area contributed by atoms with Crippen LogP contribution in [0.15, 0.2) is 48.5 Å². The van der Waals surface area contributed by atoms with Gasteiger partial charge in [0.2, 0.25) is 0 Å². The van der Waals surface area contributed by atoms with E-state index in [2.05, 4.69) is 0 Å². The number of nitro groups is 1. The molecule has 0 N–H and O–H groups in total. The molecular weight excluding hydrogens is 310 g/mol. The number of nitro benzene ring substituents is 1. The fourth-order valence-electron chi connectivity index (χ4n) is 2.13. The number of carbonyl (C=O) groups excluding carboxylic acids is 1. The van der Waals surface area contributed by atoms with Gasteiger partial charge < -0.3 is 9.47 Å². The van der Waals surface area contributed by atoms with Gasteiger partial charge in [-0.1, -0.05) is 30.3 Å². The van der Waals surface area contributed by atoms with Crippen LogP contribution in [0.25, 0.3) is 11.1 Å². The van der Waals surface area contributed by atoms with E-state index in [1.807, 2.05) is 18.2 Å². The number of hydrogen-bond donors (Lipinski definition) is 0. The van der Waals surface area contributed by atoms with Crippen LogP contribution in [0.1, 0.15) is 20.8 Å². The predicted molar refractivity (Wildman–Crippen MR) is 89.9 cm³/mol. The standard InChI is InChI=1S/C18H19NO5/c1-18(2,3)24-17(20)12-23-14-9-10-15(16(11-14)19(21)22)13-7-5-4-6-8-13/h4-11H,12H2,1-3H3. The molecule has 0 aliphatic rings. The summed E-state index contributed by atoms with van der Waals surface area (Å²) < 4.78 is 10.4. The number of hydrogen-bond acceptors (Lipinski definition) is 5. The van der Waals surface area contributed by atoms with Gasteiger partial charge in [-0.15, -0.1) is 0 Å². The summed E-state index contributed by atoms with van der Waals surface area (Å²) >= 11 is 0. The molecule has 126 valence electrons. The van der Waals surface area contributed by atoms with Gasteiger partial charge in [0, 0.05) is 0 Å². The smallest absolute Gasteiger partial charge is 0.344 e. The van der Waals surface area contributed by atoms with E-state index in [0.717, 1.165) is 5.56 Å². The van der Waals surface area contributed by atoms with Crippen molar-refractivity contribution >= 4 is 11.7 Å². The lowest BCUT2D eigenvalue weighted by atomic mass is 10.0. The molecule has 0 atom stereocenters. The van der Waals surface area contributed by atoms with Crippen molar-refractivity contribution in [2.24, 2.45) is 0 Å². The highest BCUT2D eigenvalue weighted by atomic mass is 16.6. The molecule has 2 rings (SSSR count). The molecule has 0 bridgehead atoms. The third-order valence-electron chi connectivity index (χ3n) is 3.03. The maximum absolute atomic E-state index is 11.7. The topological polar surface area (TPSA) is 78.7 Å². The van der Waals surface area contributed by atoms with Gasteiger partial charge in [0.15, 0.2) is 6.61 Å². The predicted octanol–water partition coefficient (Wildman–Crippen LogP) is 3.98. The first-order chi connectivity index (χ1) is 11.3. The molecule has 0 radical (unpaired) electrons. The zero-order chi connectivity index (χ0) is 17.7. The Labute approximate surface area is 140 Å². The summed E-state index contributed by atoms with van der Waals surface area (Å²) in [7, 11) is 0. The van der Waals surface area contributed by atoms with Crippen LogP contribution < -0.4 is 4.74 Å².